The molecule has 0 bridgehead atoms. The average Bonchev–Trinajstić information content (AvgIpc) is 2.49. The molecule has 2 N–H and O–H groups in total. The van der Waals surface area contributed by atoms with Crippen LogP contribution in [0, 0.1) is 5.92 Å². The average molecular weight is 283 g/mol. The van der Waals surface area contributed by atoms with Crippen LogP contribution in [0.4, 0.5) is 0 Å². The first-order valence-electron chi connectivity index (χ1n) is 8.60. The van der Waals surface area contributed by atoms with Crippen LogP contribution in [-0.2, 0) is 4.79 Å². The minimum atomic E-state index is 0.283. The summed E-state index contributed by atoms with van der Waals surface area (Å²) in [5.41, 5.74) is 0. The number of amides is 1. The van der Waals surface area contributed by atoms with Crippen molar-refractivity contribution in [2.45, 2.75) is 45.6 Å². The van der Waals surface area contributed by atoms with Crippen LogP contribution in [0.2, 0.25) is 0 Å². The molecule has 0 aromatic rings. The Hall–Kier alpha value is -0.610. The fraction of sp³-hybridized carbons (Fsp3) is 0.938. The summed E-state index contributed by atoms with van der Waals surface area (Å²) in [7, 11) is 2.30. The highest BCUT2D eigenvalue weighted by atomic mass is 16.2. The van der Waals surface area contributed by atoms with E-state index < -0.39 is 0 Å². The normalized spacial score (nSPS) is 34.8. The van der Waals surface area contributed by atoms with Gasteiger partial charge < -0.3 is 14.7 Å². The summed E-state index contributed by atoms with van der Waals surface area (Å²) >= 11 is 0. The van der Waals surface area contributed by atoms with Crippen molar-refractivity contribution in [3.05, 3.63) is 0 Å². The van der Waals surface area contributed by atoms with Crippen molar-refractivity contribution in [2.24, 2.45) is 5.92 Å². The molecule has 116 valence electrons. The molecule has 2 heterocycles. The van der Waals surface area contributed by atoms with Gasteiger partial charge in [-0.1, -0.05) is 0 Å². The van der Waals surface area contributed by atoms with E-state index in [-0.39, 0.29) is 5.92 Å². The highest BCUT2D eigenvalue weighted by Crippen LogP contribution is 2.12. The van der Waals surface area contributed by atoms with Gasteiger partial charge in [0.25, 0.3) is 0 Å². The Bertz CT molecular complexity index is 309. The third kappa shape index (κ3) is 3.73. The SMILES string of the molecule is CCN(CC)C(=O)[C@H]1CCC[NH+](C2CC[NH+](C)CC2)C1. The number of quaternary nitrogens is 2. The van der Waals surface area contributed by atoms with Crippen molar-refractivity contribution in [1.29, 1.82) is 0 Å². The van der Waals surface area contributed by atoms with E-state index in [1.807, 2.05) is 4.90 Å². The number of piperidine rings is 2. The molecule has 2 fully saturated rings. The van der Waals surface area contributed by atoms with Crippen LogP contribution in [0.25, 0.3) is 0 Å². The standard InChI is InChI=1S/C16H31N3O/c1-4-18(5-2)16(20)14-7-6-10-19(13-14)15-8-11-17(3)12-9-15/h14-15H,4-13H2,1-3H3/p+2/t14-/m0/s1. The highest BCUT2D eigenvalue weighted by molar-refractivity contribution is 5.78. The molecular weight excluding hydrogens is 250 g/mol. The monoisotopic (exact) mass is 283 g/mol. The largest absolute Gasteiger partial charge is 0.343 e. The number of rotatable bonds is 4. The van der Waals surface area contributed by atoms with Gasteiger partial charge in [-0.15, -0.1) is 0 Å². The second-order valence-electron chi connectivity index (χ2n) is 6.69. The number of likely N-dealkylation sites (tertiary alicyclic amines) is 2. The highest BCUT2D eigenvalue weighted by Gasteiger charge is 2.36. The van der Waals surface area contributed by atoms with Gasteiger partial charge in [0.15, 0.2) is 0 Å². The molecule has 20 heavy (non-hydrogen) atoms. The topological polar surface area (TPSA) is 29.2 Å². The maximum atomic E-state index is 12.5. The summed E-state index contributed by atoms with van der Waals surface area (Å²) in [6, 6.07) is 0.811. The molecule has 0 aliphatic carbocycles. The van der Waals surface area contributed by atoms with Crippen LogP contribution in [0.3, 0.4) is 0 Å². The lowest BCUT2D eigenvalue weighted by Crippen LogP contribution is -3.20. The van der Waals surface area contributed by atoms with E-state index >= 15 is 0 Å². The summed E-state index contributed by atoms with van der Waals surface area (Å²) in [6.07, 6.45) is 5.02. The summed E-state index contributed by atoms with van der Waals surface area (Å²) in [5.74, 6) is 0.691. The molecule has 4 nitrogen and oxygen atoms in total. The van der Waals surface area contributed by atoms with Crippen molar-refractivity contribution in [2.75, 3.05) is 46.3 Å². The van der Waals surface area contributed by atoms with Gasteiger partial charge in [0, 0.05) is 25.9 Å². The lowest BCUT2D eigenvalue weighted by Gasteiger charge is -2.38. The van der Waals surface area contributed by atoms with E-state index in [0.717, 1.165) is 32.1 Å². The van der Waals surface area contributed by atoms with Gasteiger partial charge in [0.05, 0.1) is 45.2 Å². The molecule has 0 aromatic carbocycles. The Labute approximate surface area is 124 Å². The van der Waals surface area contributed by atoms with Gasteiger partial charge in [-0.2, -0.15) is 0 Å². The maximum absolute atomic E-state index is 12.5. The van der Waals surface area contributed by atoms with Gasteiger partial charge in [0.2, 0.25) is 5.91 Å². The number of nitrogens with zero attached hydrogens (tertiary/aromatic N) is 1. The minimum absolute atomic E-state index is 0.283. The van der Waals surface area contributed by atoms with Crippen molar-refractivity contribution >= 4 is 5.91 Å². The van der Waals surface area contributed by atoms with Gasteiger partial charge in [0.1, 0.15) is 0 Å². The number of hydrogen-bond donors (Lipinski definition) is 2. The predicted molar refractivity (Wildman–Crippen MR) is 81.0 cm³/mol. The lowest BCUT2D eigenvalue weighted by atomic mass is 9.93. The van der Waals surface area contributed by atoms with E-state index in [1.165, 1.54) is 38.9 Å². The Morgan fingerprint density at radius 1 is 1.10 bits per heavy atom. The fourth-order valence-corrected chi connectivity index (χ4v) is 3.99. The zero-order valence-corrected chi connectivity index (χ0v) is 13.6. The fourth-order valence-electron chi connectivity index (χ4n) is 3.99. The molecule has 2 saturated heterocycles. The summed E-state index contributed by atoms with van der Waals surface area (Å²) in [5, 5.41) is 0. The van der Waals surface area contributed by atoms with Crippen LogP contribution in [-0.4, -0.2) is 63.2 Å². The number of hydrogen-bond acceptors (Lipinski definition) is 1. The van der Waals surface area contributed by atoms with E-state index in [0.29, 0.717) is 5.91 Å². The van der Waals surface area contributed by atoms with Crippen LogP contribution in [0.5, 0.6) is 0 Å². The van der Waals surface area contributed by atoms with Crippen molar-refractivity contribution in [1.82, 2.24) is 4.90 Å². The molecule has 0 spiro atoms. The second-order valence-corrected chi connectivity index (χ2v) is 6.69. The molecule has 4 heteroatoms. The molecule has 2 aliphatic rings. The van der Waals surface area contributed by atoms with Gasteiger partial charge in [-0.25, -0.2) is 0 Å². The quantitative estimate of drug-likeness (QED) is 0.669. The minimum Gasteiger partial charge on any atom is -0.343 e. The molecular formula is C16H33N3O+2. The van der Waals surface area contributed by atoms with Crippen molar-refractivity contribution in [3.8, 4) is 0 Å². The smallest absolute Gasteiger partial charge is 0.231 e. The van der Waals surface area contributed by atoms with Crippen LogP contribution < -0.4 is 9.80 Å². The first-order chi connectivity index (χ1) is 9.65. The Morgan fingerprint density at radius 2 is 1.75 bits per heavy atom. The molecule has 0 saturated carbocycles. The zero-order valence-electron chi connectivity index (χ0n) is 13.6. The summed E-state index contributed by atoms with van der Waals surface area (Å²) in [4.78, 5) is 18.0. The lowest BCUT2D eigenvalue weighted by molar-refractivity contribution is -0.956. The maximum Gasteiger partial charge on any atom is 0.231 e. The molecule has 1 amide bonds. The third-order valence-corrected chi connectivity index (χ3v) is 5.40. The Balaban J connectivity index is 1.89. The van der Waals surface area contributed by atoms with Gasteiger partial charge >= 0.3 is 0 Å². The summed E-state index contributed by atoms with van der Waals surface area (Å²) in [6.45, 7) is 10.9. The van der Waals surface area contributed by atoms with Gasteiger partial charge in [-0.3, -0.25) is 4.79 Å². The molecule has 2 atom stereocenters. The second kappa shape index (κ2) is 7.41. The van der Waals surface area contributed by atoms with E-state index in [2.05, 4.69) is 20.9 Å². The first-order valence-corrected chi connectivity index (χ1v) is 8.60. The van der Waals surface area contributed by atoms with Crippen molar-refractivity contribution < 1.29 is 14.6 Å². The van der Waals surface area contributed by atoms with Crippen LogP contribution >= 0.6 is 0 Å². The Kier molecular flexibility index (Phi) is 5.85. The number of nitrogens with one attached hydrogen (secondary N) is 2. The molecule has 1 unspecified atom stereocenters. The van der Waals surface area contributed by atoms with Crippen molar-refractivity contribution in [3.63, 3.8) is 0 Å². The van der Waals surface area contributed by atoms with E-state index in [1.54, 1.807) is 9.80 Å². The van der Waals surface area contributed by atoms with Crippen LogP contribution in [0.1, 0.15) is 39.5 Å². The first kappa shape index (κ1) is 15.8. The molecule has 2 aliphatic heterocycles. The van der Waals surface area contributed by atoms with Gasteiger partial charge in [-0.05, 0) is 26.7 Å². The Morgan fingerprint density at radius 3 is 2.35 bits per heavy atom. The molecule has 0 aromatic heterocycles. The van der Waals surface area contributed by atoms with E-state index in [4.69, 9.17) is 0 Å². The van der Waals surface area contributed by atoms with E-state index in [9.17, 15) is 4.79 Å². The van der Waals surface area contributed by atoms with Crippen LogP contribution in [0.15, 0.2) is 0 Å². The number of carbonyl (C=O) groups excluding carboxylic acids is 1. The predicted octanol–water partition coefficient (Wildman–Crippen LogP) is -1.17. The number of carbonyl (C=O) groups is 1. The third-order valence-electron chi connectivity index (χ3n) is 5.40. The molecule has 0 radical (unpaired) electrons. The molecule has 2 rings (SSSR count). The zero-order chi connectivity index (χ0) is 14.5. The summed E-state index contributed by atoms with van der Waals surface area (Å²) < 4.78 is 0.